The molecule has 7 nitrogen and oxygen atoms in total. The Balaban J connectivity index is 1.67. The number of nitrogens with zero attached hydrogens (tertiary/aromatic N) is 1. The van der Waals surface area contributed by atoms with Crippen LogP contribution in [0.15, 0.2) is 95.9 Å². The zero-order valence-corrected chi connectivity index (χ0v) is 22.7. The van der Waals surface area contributed by atoms with Gasteiger partial charge in [0.25, 0.3) is 5.91 Å². The molecule has 0 aliphatic rings. The Morgan fingerprint density at radius 2 is 1.57 bits per heavy atom. The van der Waals surface area contributed by atoms with Crippen molar-refractivity contribution in [1.29, 1.82) is 0 Å². The quantitative estimate of drug-likeness (QED) is 0.237. The zero-order valence-electron chi connectivity index (χ0n) is 21.1. The van der Waals surface area contributed by atoms with Crippen LogP contribution >= 0.6 is 11.6 Å². The molecule has 0 saturated heterocycles. The molecular weight excluding hydrogens is 562 g/mol. The summed E-state index contributed by atoms with van der Waals surface area (Å²) in [5.41, 5.74) is 1.00. The third kappa shape index (κ3) is 7.22. The van der Waals surface area contributed by atoms with E-state index < -0.39 is 27.7 Å². The molecule has 2 amide bonds. The Labute approximate surface area is 235 Å². The minimum Gasteiger partial charge on any atom is -0.379 e. The highest BCUT2D eigenvalue weighted by Gasteiger charge is 2.24. The molecule has 4 aromatic rings. The largest absolute Gasteiger partial charge is 0.379 e. The van der Waals surface area contributed by atoms with Gasteiger partial charge in [-0.1, -0.05) is 35.9 Å². The first-order valence-corrected chi connectivity index (χ1v) is 13.7. The molecule has 11 heteroatoms. The maximum Gasteiger partial charge on any atom is 0.339 e. The molecule has 4 aromatic carbocycles. The molecule has 0 saturated carbocycles. The van der Waals surface area contributed by atoms with Crippen LogP contribution in [0.2, 0.25) is 5.02 Å². The Bertz CT molecular complexity index is 1650. The third-order valence-electron chi connectivity index (χ3n) is 5.72. The van der Waals surface area contributed by atoms with Crippen LogP contribution in [0.3, 0.4) is 0 Å². The van der Waals surface area contributed by atoms with Gasteiger partial charge in [0.2, 0.25) is 5.91 Å². The van der Waals surface area contributed by atoms with Crippen molar-refractivity contribution in [3.8, 4) is 5.75 Å². The lowest BCUT2D eigenvalue weighted by atomic mass is 10.1. The molecule has 0 aliphatic heterocycles. The van der Waals surface area contributed by atoms with Gasteiger partial charge < -0.3 is 14.4 Å². The van der Waals surface area contributed by atoms with E-state index in [0.29, 0.717) is 11.3 Å². The molecule has 40 heavy (non-hydrogen) atoms. The molecule has 0 bridgehead atoms. The number of amides is 2. The lowest BCUT2D eigenvalue weighted by Crippen LogP contribution is -2.31. The average Bonchev–Trinajstić information content (AvgIpc) is 2.91. The summed E-state index contributed by atoms with van der Waals surface area (Å²) in [5, 5.41) is 2.80. The summed E-state index contributed by atoms with van der Waals surface area (Å²) in [6, 6.07) is 20.5. The van der Waals surface area contributed by atoms with Crippen molar-refractivity contribution in [3.05, 3.63) is 124 Å². The topological polar surface area (TPSA) is 92.8 Å². The second kappa shape index (κ2) is 12.3. The third-order valence-corrected chi connectivity index (χ3v) is 7.21. The molecule has 0 fully saturated rings. The fourth-order valence-corrected chi connectivity index (χ4v) is 5.01. The molecule has 0 aromatic heterocycles. The number of nitrogens with one attached hydrogen (secondary N) is 1. The summed E-state index contributed by atoms with van der Waals surface area (Å²) < 4.78 is 59.6. The van der Waals surface area contributed by atoms with E-state index in [1.807, 2.05) is 0 Å². The van der Waals surface area contributed by atoms with Crippen molar-refractivity contribution in [3.63, 3.8) is 0 Å². The fourth-order valence-electron chi connectivity index (χ4n) is 3.85. The smallest absolute Gasteiger partial charge is 0.339 e. The predicted molar refractivity (Wildman–Crippen MR) is 146 cm³/mol. The van der Waals surface area contributed by atoms with Gasteiger partial charge >= 0.3 is 10.1 Å². The van der Waals surface area contributed by atoms with E-state index in [4.69, 9.17) is 15.8 Å². The molecule has 0 heterocycles. The standard InChI is InChI=1S/C29H23ClF2N2O5S/c1-19(35)33-24-11-13-25(14-12-24)40(37,38)39-28-15-8-22(30)16-21(28)18-34(17-20-6-9-23(31)10-7-20)29(36)26-4-2-3-5-27(26)32/h2-16H,17-18H2,1H3,(H,33,35). The van der Waals surface area contributed by atoms with Crippen LogP contribution in [0.1, 0.15) is 28.4 Å². The minimum atomic E-state index is -4.33. The first kappa shape index (κ1) is 28.7. The van der Waals surface area contributed by atoms with Gasteiger partial charge in [-0.3, -0.25) is 9.59 Å². The number of rotatable bonds is 9. The molecule has 1 N–H and O–H groups in total. The predicted octanol–water partition coefficient (Wildman–Crippen LogP) is 6.19. The normalized spacial score (nSPS) is 11.1. The van der Waals surface area contributed by atoms with Gasteiger partial charge in [0.05, 0.1) is 12.1 Å². The van der Waals surface area contributed by atoms with Crippen LogP contribution in [-0.2, 0) is 28.0 Å². The van der Waals surface area contributed by atoms with Crippen LogP contribution in [0.5, 0.6) is 5.75 Å². The minimum absolute atomic E-state index is 0.0449. The lowest BCUT2D eigenvalue weighted by molar-refractivity contribution is -0.114. The van der Waals surface area contributed by atoms with Gasteiger partial charge in [-0.2, -0.15) is 8.42 Å². The van der Waals surface area contributed by atoms with Gasteiger partial charge in [-0.15, -0.1) is 0 Å². The molecule has 0 spiro atoms. The fraction of sp³-hybridized carbons (Fsp3) is 0.103. The van der Waals surface area contributed by atoms with Gasteiger partial charge in [0.15, 0.2) is 0 Å². The van der Waals surface area contributed by atoms with Crippen LogP contribution < -0.4 is 9.50 Å². The van der Waals surface area contributed by atoms with E-state index in [1.54, 1.807) is 0 Å². The lowest BCUT2D eigenvalue weighted by Gasteiger charge is -2.24. The highest BCUT2D eigenvalue weighted by Crippen LogP contribution is 2.29. The maximum absolute atomic E-state index is 14.5. The van der Waals surface area contributed by atoms with E-state index in [2.05, 4.69) is 5.32 Å². The maximum atomic E-state index is 14.5. The average molecular weight is 585 g/mol. The van der Waals surface area contributed by atoms with Gasteiger partial charge in [-0.05, 0) is 72.3 Å². The molecule has 0 radical (unpaired) electrons. The van der Waals surface area contributed by atoms with E-state index in [1.165, 1.54) is 96.8 Å². The van der Waals surface area contributed by atoms with Gasteiger partial charge in [0, 0.05) is 29.7 Å². The summed E-state index contributed by atoms with van der Waals surface area (Å²) in [4.78, 5) is 25.8. The summed E-state index contributed by atoms with van der Waals surface area (Å²) in [7, 11) is -4.33. The zero-order chi connectivity index (χ0) is 28.9. The number of anilines is 1. The number of carbonyl (C=O) groups excluding carboxylic acids is 2. The van der Waals surface area contributed by atoms with Crippen molar-refractivity contribution in [2.45, 2.75) is 24.9 Å². The van der Waals surface area contributed by atoms with Crippen LogP contribution in [-0.4, -0.2) is 25.1 Å². The van der Waals surface area contributed by atoms with Crippen molar-refractivity contribution in [2.75, 3.05) is 5.32 Å². The highest BCUT2D eigenvalue weighted by atomic mass is 35.5. The van der Waals surface area contributed by atoms with Crippen molar-refractivity contribution >= 4 is 39.2 Å². The summed E-state index contributed by atoms with van der Waals surface area (Å²) in [5.74, 6) is -2.28. The molecule has 0 atom stereocenters. The number of carbonyl (C=O) groups is 2. The van der Waals surface area contributed by atoms with Crippen LogP contribution in [0.25, 0.3) is 0 Å². The Morgan fingerprint density at radius 1 is 0.900 bits per heavy atom. The summed E-state index contributed by atoms with van der Waals surface area (Å²) >= 11 is 6.20. The van der Waals surface area contributed by atoms with E-state index in [-0.39, 0.29) is 45.8 Å². The Kier molecular flexibility index (Phi) is 8.81. The first-order chi connectivity index (χ1) is 19.0. The molecule has 4 rings (SSSR count). The van der Waals surface area contributed by atoms with Crippen molar-refractivity contribution in [2.24, 2.45) is 0 Å². The summed E-state index contributed by atoms with van der Waals surface area (Å²) in [6.07, 6.45) is 0. The number of hydrogen-bond donors (Lipinski definition) is 1. The second-order valence-corrected chi connectivity index (χ2v) is 10.7. The van der Waals surface area contributed by atoms with Gasteiger partial charge in [-0.25, -0.2) is 8.78 Å². The monoisotopic (exact) mass is 584 g/mol. The second-order valence-electron chi connectivity index (χ2n) is 8.76. The SMILES string of the molecule is CC(=O)Nc1ccc(S(=O)(=O)Oc2ccc(Cl)cc2CN(Cc2ccc(F)cc2)C(=O)c2ccccc2F)cc1. The highest BCUT2D eigenvalue weighted by molar-refractivity contribution is 7.87. The Morgan fingerprint density at radius 3 is 2.23 bits per heavy atom. The first-order valence-electron chi connectivity index (χ1n) is 11.9. The van der Waals surface area contributed by atoms with Crippen LogP contribution in [0.4, 0.5) is 14.5 Å². The number of benzene rings is 4. The van der Waals surface area contributed by atoms with Crippen molar-refractivity contribution in [1.82, 2.24) is 4.90 Å². The molecule has 0 aliphatic carbocycles. The number of halogens is 3. The van der Waals surface area contributed by atoms with Gasteiger partial charge in [0.1, 0.15) is 22.3 Å². The molecule has 0 unspecified atom stereocenters. The summed E-state index contributed by atoms with van der Waals surface area (Å²) in [6.45, 7) is 1.07. The van der Waals surface area contributed by atoms with Crippen LogP contribution in [0, 0.1) is 11.6 Å². The van der Waals surface area contributed by atoms with E-state index in [9.17, 15) is 26.8 Å². The Hall–Kier alpha value is -4.28. The molecule has 206 valence electrons. The number of hydrogen-bond acceptors (Lipinski definition) is 5. The van der Waals surface area contributed by atoms with E-state index >= 15 is 0 Å². The van der Waals surface area contributed by atoms with E-state index in [0.717, 1.165) is 6.07 Å². The molecular formula is C29H23ClF2N2O5S. The van der Waals surface area contributed by atoms with Crippen molar-refractivity contribution < 1.29 is 31.0 Å².